The van der Waals surface area contributed by atoms with Gasteiger partial charge in [-0.15, -0.1) is 0 Å². The van der Waals surface area contributed by atoms with E-state index in [2.05, 4.69) is 16.0 Å². The summed E-state index contributed by atoms with van der Waals surface area (Å²) in [5.74, 6) is 1.01. The number of fused-ring (bicyclic) bond motifs is 1. The van der Waals surface area contributed by atoms with Crippen LogP contribution in [0.4, 0.5) is 5.82 Å². The van der Waals surface area contributed by atoms with Crippen LogP contribution in [-0.2, 0) is 9.84 Å². The van der Waals surface area contributed by atoms with Crippen molar-refractivity contribution >= 4 is 33.6 Å². The Labute approximate surface area is 214 Å². The first-order valence-corrected chi connectivity index (χ1v) is 13.4. The van der Waals surface area contributed by atoms with Crippen LogP contribution in [0.1, 0.15) is 48.4 Å². The number of aromatic nitrogens is 3. The van der Waals surface area contributed by atoms with Gasteiger partial charge in [0.2, 0.25) is 0 Å². The molecule has 3 heterocycles. The molecule has 0 spiro atoms. The number of hydrogen-bond acceptors (Lipinski definition) is 9. The lowest BCUT2D eigenvalue weighted by Gasteiger charge is -2.27. The van der Waals surface area contributed by atoms with Gasteiger partial charge >= 0.3 is 0 Å². The van der Waals surface area contributed by atoms with E-state index in [1.165, 1.54) is 18.5 Å². The Balaban J connectivity index is 1.99. The molecule has 36 heavy (non-hydrogen) atoms. The van der Waals surface area contributed by atoms with E-state index in [1.54, 1.807) is 22.0 Å². The van der Waals surface area contributed by atoms with E-state index in [0.717, 1.165) is 17.5 Å². The molecule has 1 aliphatic rings. The first kappa shape index (κ1) is 25.6. The number of sulfone groups is 1. The number of benzene rings is 1. The zero-order valence-corrected chi connectivity index (χ0v) is 22.1. The lowest BCUT2D eigenvalue weighted by molar-refractivity contribution is 0.333. The van der Waals surface area contributed by atoms with Crippen molar-refractivity contribution in [1.82, 2.24) is 19.7 Å². The third-order valence-electron chi connectivity index (χ3n) is 6.11. The van der Waals surface area contributed by atoms with Gasteiger partial charge in [-0.3, -0.25) is 4.98 Å². The maximum atomic E-state index is 12.2. The summed E-state index contributed by atoms with van der Waals surface area (Å²) in [6.45, 7) is 5.91. The molecule has 188 valence electrons. The Bertz CT molecular complexity index is 1530. The first-order chi connectivity index (χ1) is 17.0. The van der Waals surface area contributed by atoms with Crippen LogP contribution in [0.2, 0.25) is 5.02 Å². The average Bonchev–Trinajstić information content (AvgIpc) is 3.18. The maximum Gasteiger partial charge on any atom is 0.177 e. The highest BCUT2D eigenvalue weighted by Gasteiger charge is 2.31. The van der Waals surface area contributed by atoms with Crippen LogP contribution in [-0.4, -0.2) is 54.3 Å². The highest BCUT2D eigenvalue weighted by atomic mass is 35.5. The monoisotopic (exact) mass is 527 g/mol. The fourth-order valence-electron chi connectivity index (χ4n) is 4.25. The van der Waals surface area contributed by atoms with Gasteiger partial charge < -0.3 is 15.4 Å². The molecule has 1 aliphatic heterocycles. The molecule has 0 amide bonds. The molecule has 4 rings (SSSR count). The number of pyridine rings is 1. The van der Waals surface area contributed by atoms with E-state index in [0.29, 0.717) is 34.9 Å². The van der Waals surface area contributed by atoms with Gasteiger partial charge in [-0.1, -0.05) is 11.6 Å². The fourth-order valence-corrected chi connectivity index (χ4v) is 5.10. The Morgan fingerprint density at radius 1 is 1.33 bits per heavy atom. The van der Waals surface area contributed by atoms with Crippen LogP contribution in [0.15, 0.2) is 34.4 Å². The molecule has 2 aromatic heterocycles. The summed E-state index contributed by atoms with van der Waals surface area (Å²) in [5.41, 5.74) is 9.50. The summed E-state index contributed by atoms with van der Waals surface area (Å²) in [6, 6.07) is 4.85. The van der Waals surface area contributed by atoms with E-state index >= 15 is 0 Å². The standard InChI is InChI=1S/C24H26ClN7O3S/c1-6-35-22-17(14(3)32-24-20(13(2)30-32)23(27)31(4)12-29-24)8-19(25)18(9-26)21(22)15-7-16(11-28-10-15)36(5,33)34/h7-8,10-12,14,23H,6,27H2,1-5H3. The molecule has 12 heteroatoms. The maximum absolute atomic E-state index is 12.2. The third-order valence-corrected chi connectivity index (χ3v) is 7.49. The number of nitriles is 1. The normalized spacial score (nSPS) is 15.9. The van der Waals surface area contributed by atoms with Crippen LogP contribution in [0.5, 0.6) is 5.75 Å². The van der Waals surface area contributed by atoms with Gasteiger partial charge in [-0.05, 0) is 32.9 Å². The summed E-state index contributed by atoms with van der Waals surface area (Å²) in [5, 5.41) is 14.9. The molecule has 0 aliphatic carbocycles. The van der Waals surface area contributed by atoms with Crippen LogP contribution in [0.25, 0.3) is 11.1 Å². The zero-order chi connectivity index (χ0) is 26.4. The summed E-state index contributed by atoms with van der Waals surface area (Å²) in [4.78, 5) is 10.5. The predicted octanol–water partition coefficient (Wildman–Crippen LogP) is 3.75. The Hall–Kier alpha value is -3.46. The van der Waals surface area contributed by atoms with Gasteiger partial charge in [0.25, 0.3) is 0 Å². The lowest BCUT2D eigenvalue weighted by Crippen LogP contribution is -2.32. The molecule has 2 atom stereocenters. The molecule has 0 saturated heterocycles. The number of nitrogens with zero attached hydrogens (tertiary/aromatic N) is 6. The molecule has 0 bridgehead atoms. The highest BCUT2D eigenvalue weighted by Crippen LogP contribution is 2.45. The van der Waals surface area contributed by atoms with E-state index in [1.807, 2.05) is 27.8 Å². The van der Waals surface area contributed by atoms with Gasteiger partial charge in [0.05, 0.1) is 45.7 Å². The number of ether oxygens (including phenoxy) is 1. The van der Waals surface area contributed by atoms with Crippen LogP contribution >= 0.6 is 11.6 Å². The second-order valence-electron chi connectivity index (χ2n) is 8.55. The van der Waals surface area contributed by atoms with Crippen molar-refractivity contribution in [3.63, 3.8) is 0 Å². The van der Waals surface area contributed by atoms with E-state index in [9.17, 15) is 13.7 Å². The third kappa shape index (κ3) is 4.32. The molecule has 1 aromatic carbocycles. The van der Waals surface area contributed by atoms with Gasteiger partial charge in [-0.25, -0.2) is 18.1 Å². The number of nitrogens with two attached hydrogens (primary N) is 1. The Kier molecular flexibility index (Phi) is 6.79. The molecule has 0 radical (unpaired) electrons. The molecule has 3 aromatic rings. The smallest absolute Gasteiger partial charge is 0.177 e. The lowest BCUT2D eigenvalue weighted by atomic mass is 9.94. The summed E-state index contributed by atoms with van der Waals surface area (Å²) in [7, 11) is -1.70. The van der Waals surface area contributed by atoms with Crippen molar-refractivity contribution in [2.45, 2.75) is 37.9 Å². The molecule has 2 N–H and O–H groups in total. The Morgan fingerprint density at radius 3 is 2.69 bits per heavy atom. The van der Waals surface area contributed by atoms with Gasteiger partial charge in [0.15, 0.2) is 15.7 Å². The number of aryl methyl sites for hydroxylation is 1. The molecular formula is C24H26ClN7O3S. The minimum atomic E-state index is -3.54. The SMILES string of the molecule is CCOc1c(C(C)n2nc(C)c3c2N=CN(C)C3N)cc(Cl)c(C#N)c1-c1cncc(S(C)(=O)=O)c1. The Morgan fingerprint density at radius 2 is 2.06 bits per heavy atom. The molecule has 0 saturated carbocycles. The zero-order valence-electron chi connectivity index (χ0n) is 20.5. The van der Waals surface area contributed by atoms with Crippen molar-refractivity contribution in [2.75, 3.05) is 19.9 Å². The number of aliphatic imine (C=N–C) groups is 1. The van der Waals surface area contributed by atoms with Crippen LogP contribution < -0.4 is 10.5 Å². The number of hydrogen-bond donors (Lipinski definition) is 1. The van der Waals surface area contributed by atoms with Gasteiger partial charge in [0, 0.05) is 42.4 Å². The highest BCUT2D eigenvalue weighted by molar-refractivity contribution is 7.90. The molecule has 0 fully saturated rings. The van der Waals surface area contributed by atoms with Gasteiger partial charge in [0.1, 0.15) is 18.0 Å². The molecule has 10 nitrogen and oxygen atoms in total. The second kappa shape index (κ2) is 9.54. The van der Waals surface area contributed by atoms with E-state index in [4.69, 9.17) is 27.2 Å². The van der Waals surface area contributed by atoms with Crippen molar-refractivity contribution in [1.29, 1.82) is 5.26 Å². The minimum Gasteiger partial charge on any atom is -0.493 e. The summed E-state index contributed by atoms with van der Waals surface area (Å²) in [6.07, 6.45) is 5.10. The van der Waals surface area contributed by atoms with Crippen molar-refractivity contribution in [3.05, 3.63) is 51.9 Å². The molecular weight excluding hydrogens is 502 g/mol. The summed E-state index contributed by atoms with van der Waals surface area (Å²) >= 11 is 6.61. The topological polar surface area (TPSA) is 139 Å². The van der Waals surface area contributed by atoms with E-state index in [-0.39, 0.29) is 15.5 Å². The molecule has 2 unspecified atom stereocenters. The quantitative estimate of drug-likeness (QED) is 0.511. The number of rotatable bonds is 6. The van der Waals surface area contributed by atoms with Crippen molar-refractivity contribution in [2.24, 2.45) is 10.7 Å². The minimum absolute atomic E-state index is 0.0186. The average molecular weight is 528 g/mol. The predicted molar refractivity (Wildman–Crippen MR) is 137 cm³/mol. The largest absolute Gasteiger partial charge is 0.493 e. The number of halogens is 1. The van der Waals surface area contributed by atoms with Crippen LogP contribution in [0, 0.1) is 18.3 Å². The summed E-state index contributed by atoms with van der Waals surface area (Å²) < 4.78 is 32.2. The van der Waals surface area contributed by atoms with Crippen LogP contribution in [0.3, 0.4) is 0 Å². The van der Waals surface area contributed by atoms with Crippen molar-refractivity contribution in [3.8, 4) is 22.9 Å². The van der Waals surface area contributed by atoms with Gasteiger partial charge in [-0.2, -0.15) is 10.4 Å². The van der Waals surface area contributed by atoms with Crippen molar-refractivity contribution < 1.29 is 13.2 Å². The first-order valence-electron chi connectivity index (χ1n) is 11.1. The van der Waals surface area contributed by atoms with E-state index < -0.39 is 22.0 Å². The second-order valence-corrected chi connectivity index (χ2v) is 11.0. The fraction of sp³-hybridized carbons (Fsp3) is 0.333.